The van der Waals surface area contributed by atoms with Gasteiger partial charge < -0.3 is 15.3 Å². The van der Waals surface area contributed by atoms with E-state index in [4.69, 9.17) is 5.11 Å². The third-order valence-electron chi connectivity index (χ3n) is 4.98. The van der Waals surface area contributed by atoms with Crippen LogP contribution in [0, 0.1) is 5.92 Å². The van der Waals surface area contributed by atoms with Crippen LogP contribution in [0.2, 0.25) is 0 Å². The van der Waals surface area contributed by atoms with Gasteiger partial charge in [-0.2, -0.15) is 0 Å². The van der Waals surface area contributed by atoms with Crippen LogP contribution in [0.25, 0.3) is 0 Å². The minimum absolute atomic E-state index is 0.0391. The summed E-state index contributed by atoms with van der Waals surface area (Å²) in [5.74, 6) is 1.07. The fourth-order valence-corrected chi connectivity index (χ4v) is 3.70. The lowest BCUT2D eigenvalue weighted by Gasteiger charge is -2.40. The van der Waals surface area contributed by atoms with Crippen molar-refractivity contribution >= 4 is 5.91 Å². The molecular formula is C16H30N2O2. The van der Waals surface area contributed by atoms with Crippen molar-refractivity contribution in [3.63, 3.8) is 0 Å². The molecule has 1 aliphatic heterocycles. The Labute approximate surface area is 122 Å². The largest absolute Gasteiger partial charge is 0.396 e. The number of amides is 1. The quantitative estimate of drug-likeness (QED) is 0.732. The fourth-order valence-electron chi connectivity index (χ4n) is 3.70. The predicted molar refractivity (Wildman–Crippen MR) is 80.5 cm³/mol. The summed E-state index contributed by atoms with van der Waals surface area (Å²) in [6.07, 6.45) is 10.3. The minimum atomic E-state index is 0.0391. The Morgan fingerprint density at radius 1 is 1.15 bits per heavy atom. The number of nitrogens with one attached hydrogen (secondary N) is 1. The molecule has 0 bridgehead atoms. The van der Waals surface area contributed by atoms with Gasteiger partial charge in [0.1, 0.15) is 0 Å². The molecule has 2 rings (SSSR count). The molecular weight excluding hydrogens is 252 g/mol. The van der Waals surface area contributed by atoms with Gasteiger partial charge in [0, 0.05) is 26.2 Å². The molecule has 1 saturated carbocycles. The van der Waals surface area contributed by atoms with E-state index in [1.54, 1.807) is 0 Å². The molecule has 2 N–H and O–H groups in total. The topological polar surface area (TPSA) is 52.6 Å². The predicted octanol–water partition coefficient (Wildman–Crippen LogP) is 1.92. The molecule has 0 aromatic rings. The Morgan fingerprint density at radius 3 is 2.75 bits per heavy atom. The summed E-state index contributed by atoms with van der Waals surface area (Å²) in [6, 6.07) is 0.617. The molecule has 4 heteroatoms. The average molecular weight is 282 g/mol. The molecule has 2 fully saturated rings. The molecule has 1 saturated heterocycles. The molecule has 0 aromatic heterocycles. The van der Waals surface area contributed by atoms with Crippen LogP contribution < -0.4 is 5.32 Å². The Morgan fingerprint density at radius 2 is 1.95 bits per heavy atom. The molecule has 1 aliphatic carbocycles. The third kappa shape index (κ3) is 4.19. The number of unbranched alkanes of at least 4 members (excludes halogenated alkanes) is 2. The van der Waals surface area contributed by atoms with Crippen LogP contribution in [0.15, 0.2) is 0 Å². The van der Waals surface area contributed by atoms with E-state index in [0.29, 0.717) is 6.04 Å². The molecule has 0 aromatic carbocycles. The molecule has 1 heterocycles. The molecule has 0 spiro atoms. The highest BCUT2D eigenvalue weighted by Gasteiger charge is 2.35. The SMILES string of the molecule is CN(CCCCCO)C(=O)C1CCC2CCCCC2N1. The van der Waals surface area contributed by atoms with Crippen LogP contribution in [0.3, 0.4) is 0 Å². The molecule has 3 atom stereocenters. The van der Waals surface area contributed by atoms with Crippen molar-refractivity contribution in [3.8, 4) is 0 Å². The van der Waals surface area contributed by atoms with E-state index in [1.807, 2.05) is 11.9 Å². The molecule has 4 nitrogen and oxygen atoms in total. The van der Waals surface area contributed by atoms with E-state index in [0.717, 1.165) is 38.1 Å². The summed E-state index contributed by atoms with van der Waals surface area (Å²) < 4.78 is 0. The minimum Gasteiger partial charge on any atom is -0.396 e. The third-order valence-corrected chi connectivity index (χ3v) is 4.98. The van der Waals surface area contributed by atoms with Crippen LogP contribution in [0.5, 0.6) is 0 Å². The van der Waals surface area contributed by atoms with Crippen molar-refractivity contribution < 1.29 is 9.90 Å². The van der Waals surface area contributed by atoms with Gasteiger partial charge in [-0.3, -0.25) is 4.79 Å². The number of carbonyl (C=O) groups excluding carboxylic acids is 1. The number of hydrogen-bond acceptors (Lipinski definition) is 3. The fraction of sp³-hybridized carbons (Fsp3) is 0.938. The second-order valence-electron chi connectivity index (χ2n) is 6.49. The Kier molecular flexibility index (Phi) is 6.30. The average Bonchev–Trinajstić information content (AvgIpc) is 2.50. The first-order chi connectivity index (χ1) is 9.72. The van der Waals surface area contributed by atoms with Gasteiger partial charge in [-0.1, -0.05) is 12.8 Å². The molecule has 116 valence electrons. The van der Waals surface area contributed by atoms with Crippen molar-refractivity contribution in [3.05, 3.63) is 0 Å². The van der Waals surface area contributed by atoms with Crippen LogP contribution in [-0.4, -0.2) is 48.2 Å². The first kappa shape index (κ1) is 15.8. The van der Waals surface area contributed by atoms with E-state index < -0.39 is 0 Å². The number of aliphatic hydroxyl groups is 1. The van der Waals surface area contributed by atoms with Gasteiger partial charge >= 0.3 is 0 Å². The lowest BCUT2D eigenvalue weighted by atomic mass is 9.77. The number of rotatable bonds is 6. The van der Waals surface area contributed by atoms with Gasteiger partial charge in [0.2, 0.25) is 5.91 Å². The van der Waals surface area contributed by atoms with Gasteiger partial charge in [0.25, 0.3) is 0 Å². The van der Waals surface area contributed by atoms with Gasteiger partial charge in [-0.25, -0.2) is 0 Å². The summed E-state index contributed by atoms with van der Waals surface area (Å²) in [5.41, 5.74) is 0. The Hall–Kier alpha value is -0.610. The van der Waals surface area contributed by atoms with Crippen LogP contribution in [-0.2, 0) is 4.79 Å². The van der Waals surface area contributed by atoms with Crippen molar-refractivity contribution in [2.45, 2.75) is 69.9 Å². The lowest BCUT2D eigenvalue weighted by Crippen LogP contribution is -2.55. The molecule has 0 radical (unpaired) electrons. The number of carbonyl (C=O) groups is 1. The first-order valence-electron chi connectivity index (χ1n) is 8.34. The van der Waals surface area contributed by atoms with Gasteiger partial charge in [0.05, 0.1) is 6.04 Å². The van der Waals surface area contributed by atoms with Crippen molar-refractivity contribution in [2.75, 3.05) is 20.2 Å². The van der Waals surface area contributed by atoms with Crippen molar-refractivity contribution in [1.82, 2.24) is 10.2 Å². The number of aliphatic hydroxyl groups excluding tert-OH is 1. The second kappa shape index (κ2) is 7.99. The number of likely N-dealkylation sites (N-methyl/N-ethyl adjacent to an activating group) is 1. The summed E-state index contributed by atoms with van der Waals surface area (Å²) in [6.45, 7) is 1.07. The highest BCUT2D eigenvalue weighted by molar-refractivity contribution is 5.81. The standard InChI is InChI=1S/C16H30N2O2/c1-18(11-5-2-6-12-19)16(20)15-10-9-13-7-3-4-8-14(13)17-15/h13-15,17,19H,2-12H2,1H3. The van der Waals surface area contributed by atoms with Crippen molar-refractivity contribution in [1.29, 1.82) is 0 Å². The van der Waals surface area contributed by atoms with E-state index in [-0.39, 0.29) is 18.6 Å². The summed E-state index contributed by atoms with van der Waals surface area (Å²) in [5, 5.41) is 12.4. The van der Waals surface area contributed by atoms with Crippen LogP contribution >= 0.6 is 0 Å². The highest BCUT2D eigenvalue weighted by atomic mass is 16.2. The van der Waals surface area contributed by atoms with Crippen molar-refractivity contribution in [2.24, 2.45) is 5.92 Å². The second-order valence-corrected chi connectivity index (χ2v) is 6.49. The normalized spacial score (nSPS) is 29.8. The van der Waals surface area contributed by atoms with Gasteiger partial charge in [-0.05, 0) is 50.9 Å². The Bertz CT molecular complexity index is 309. The van der Waals surface area contributed by atoms with Crippen LogP contribution in [0.1, 0.15) is 57.8 Å². The monoisotopic (exact) mass is 282 g/mol. The zero-order valence-corrected chi connectivity index (χ0v) is 12.8. The molecule has 3 unspecified atom stereocenters. The van der Waals surface area contributed by atoms with E-state index in [9.17, 15) is 4.79 Å². The number of nitrogens with zero attached hydrogens (tertiary/aromatic N) is 1. The summed E-state index contributed by atoms with van der Waals surface area (Å²) >= 11 is 0. The number of fused-ring (bicyclic) bond motifs is 1. The Balaban J connectivity index is 1.74. The zero-order valence-electron chi connectivity index (χ0n) is 12.8. The molecule has 20 heavy (non-hydrogen) atoms. The van der Waals surface area contributed by atoms with E-state index in [2.05, 4.69) is 5.32 Å². The first-order valence-corrected chi connectivity index (χ1v) is 8.34. The maximum absolute atomic E-state index is 12.5. The number of piperidine rings is 1. The van der Waals surface area contributed by atoms with E-state index in [1.165, 1.54) is 32.1 Å². The van der Waals surface area contributed by atoms with Crippen LogP contribution in [0.4, 0.5) is 0 Å². The van der Waals surface area contributed by atoms with Gasteiger partial charge in [-0.15, -0.1) is 0 Å². The highest BCUT2D eigenvalue weighted by Crippen LogP contribution is 2.32. The van der Waals surface area contributed by atoms with Gasteiger partial charge in [0.15, 0.2) is 0 Å². The zero-order chi connectivity index (χ0) is 14.4. The van der Waals surface area contributed by atoms with E-state index >= 15 is 0 Å². The maximum atomic E-state index is 12.5. The summed E-state index contributed by atoms with van der Waals surface area (Å²) in [7, 11) is 1.91. The molecule has 2 aliphatic rings. The lowest BCUT2D eigenvalue weighted by molar-refractivity contribution is -0.133. The maximum Gasteiger partial charge on any atom is 0.239 e. The molecule has 1 amide bonds. The summed E-state index contributed by atoms with van der Waals surface area (Å²) in [4.78, 5) is 14.3. The number of hydrogen-bond donors (Lipinski definition) is 2. The smallest absolute Gasteiger partial charge is 0.239 e.